The standard InChI is InChI=1S/C12H16N2S.C8H7ClO2/c13-12(15)10-4-6-11(7-5-10)14-8-2-1-3-9-14;9-8(10)11-6-7-4-2-1-3-5-7/h4-7H,1-3,8-9H2,(H2,13,15);1-5H,6H2. The van der Waals surface area contributed by atoms with Gasteiger partial charge in [-0.2, -0.15) is 0 Å². The Kier molecular flexibility index (Phi) is 8.38. The summed E-state index contributed by atoms with van der Waals surface area (Å²) in [7, 11) is 0. The topological polar surface area (TPSA) is 55.6 Å². The SMILES string of the molecule is NC(=S)c1ccc(N2CCCCC2)cc1.O=C(Cl)OCc1ccccc1. The van der Waals surface area contributed by atoms with Gasteiger partial charge in [-0.1, -0.05) is 42.5 Å². The minimum absolute atomic E-state index is 0.239. The van der Waals surface area contributed by atoms with Gasteiger partial charge in [0.25, 0.3) is 0 Å². The maximum atomic E-state index is 10.2. The van der Waals surface area contributed by atoms with Crippen LogP contribution in [0.1, 0.15) is 30.4 Å². The molecular weight excluding hydrogens is 368 g/mol. The summed E-state index contributed by atoms with van der Waals surface area (Å²) in [5.41, 5.74) is 7.96. The van der Waals surface area contributed by atoms with Crippen molar-refractivity contribution in [3.8, 4) is 0 Å². The number of halogens is 1. The average molecular weight is 391 g/mol. The first kappa shape index (κ1) is 20.2. The number of hydrogen-bond donors (Lipinski definition) is 1. The quantitative estimate of drug-likeness (QED) is 0.596. The zero-order chi connectivity index (χ0) is 18.8. The van der Waals surface area contributed by atoms with Crippen LogP contribution in [0.25, 0.3) is 0 Å². The van der Waals surface area contributed by atoms with Crippen molar-refractivity contribution in [3.63, 3.8) is 0 Å². The van der Waals surface area contributed by atoms with E-state index in [1.165, 1.54) is 38.0 Å². The normalized spacial score (nSPS) is 13.3. The van der Waals surface area contributed by atoms with Crippen molar-refractivity contribution >= 4 is 39.9 Å². The Morgan fingerprint density at radius 1 is 1.04 bits per heavy atom. The molecule has 1 heterocycles. The first-order chi connectivity index (χ1) is 12.6. The lowest BCUT2D eigenvalue weighted by atomic mass is 10.1. The molecular formula is C20H23ClN2O2S. The number of carbonyl (C=O) groups excluding carboxylic acids is 1. The largest absolute Gasteiger partial charge is 0.449 e. The molecule has 2 N–H and O–H groups in total. The summed E-state index contributed by atoms with van der Waals surface area (Å²) in [6.07, 6.45) is 3.97. The summed E-state index contributed by atoms with van der Waals surface area (Å²) < 4.78 is 4.55. The van der Waals surface area contributed by atoms with Crippen LogP contribution >= 0.6 is 23.8 Å². The van der Waals surface area contributed by atoms with E-state index in [0.29, 0.717) is 4.99 Å². The predicted molar refractivity (Wildman–Crippen MR) is 111 cm³/mol. The number of hydrogen-bond acceptors (Lipinski definition) is 4. The van der Waals surface area contributed by atoms with E-state index < -0.39 is 5.43 Å². The van der Waals surface area contributed by atoms with Crippen molar-refractivity contribution in [2.24, 2.45) is 5.73 Å². The summed E-state index contributed by atoms with van der Waals surface area (Å²) in [6, 6.07) is 17.6. The van der Waals surface area contributed by atoms with E-state index in [9.17, 15) is 4.79 Å². The van der Waals surface area contributed by atoms with E-state index in [1.807, 2.05) is 42.5 Å². The molecule has 3 rings (SSSR count). The number of piperidine rings is 1. The van der Waals surface area contributed by atoms with E-state index in [0.717, 1.165) is 11.1 Å². The van der Waals surface area contributed by atoms with E-state index in [4.69, 9.17) is 29.6 Å². The van der Waals surface area contributed by atoms with Crippen LogP contribution in [0.2, 0.25) is 0 Å². The highest BCUT2D eigenvalue weighted by Gasteiger charge is 2.10. The third kappa shape index (κ3) is 7.02. The van der Waals surface area contributed by atoms with Crippen molar-refractivity contribution in [3.05, 3.63) is 65.7 Å². The van der Waals surface area contributed by atoms with Crippen molar-refractivity contribution in [1.29, 1.82) is 0 Å². The molecule has 0 bridgehead atoms. The van der Waals surface area contributed by atoms with Crippen LogP contribution in [-0.4, -0.2) is 23.5 Å². The average Bonchev–Trinajstić information content (AvgIpc) is 2.68. The van der Waals surface area contributed by atoms with Crippen LogP contribution in [-0.2, 0) is 11.3 Å². The van der Waals surface area contributed by atoms with Crippen molar-refractivity contribution in [2.75, 3.05) is 18.0 Å². The number of thiocarbonyl (C=S) groups is 1. The van der Waals surface area contributed by atoms with Gasteiger partial charge < -0.3 is 15.4 Å². The first-order valence-corrected chi connectivity index (χ1v) is 9.36. The summed E-state index contributed by atoms with van der Waals surface area (Å²) in [6.45, 7) is 2.59. The number of ether oxygens (including phenoxy) is 1. The third-order valence-corrected chi connectivity index (χ3v) is 4.41. The van der Waals surface area contributed by atoms with Gasteiger partial charge in [0.05, 0.1) is 0 Å². The van der Waals surface area contributed by atoms with Gasteiger partial charge >= 0.3 is 5.43 Å². The summed E-state index contributed by atoms with van der Waals surface area (Å²) in [5.74, 6) is 0. The van der Waals surface area contributed by atoms with Crippen molar-refractivity contribution < 1.29 is 9.53 Å². The Labute approximate surface area is 164 Å². The second-order valence-corrected chi connectivity index (χ2v) is 6.72. The highest BCUT2D eigenvalue weighted by molar-refractivity contribution is 7.80. The molecule has 2 aromatic carbocycles. The molecule has 1 aliphatic rings. The fraction of sp³-hybridized carbons (Fsp3) is 0.300. The fourth-order valence-electron chi connectivity index (χ4n) is 2.70. The van der Waals surface area contributed by atoms with Crippen LogP contribution in [0.5, 0.6) is 0 Å². The molecule has 0 atom stereocenters. The summed E-state index contributed by atoms with van der Waals surface area (Å²) in [4.78, 5) is 13.1. The minimum atomic E-state index is -0.770. The monoisotopic (exact) mass is 390 g/mol. The zero-order valence-electron chi connectivity index (χ0n) is 14.6. The second-order valence-electron chi connectivity index (χ2n) is 5.97. The Bertz CT molecular complexity index is 702. The molecule has 1 aliphatic heterocycles. The number of rotatable bonds is 4. The Hall–Kier alpha value is -2.11. The summed E-state index contributed by atoms with van der Waals surface area (Å²) >= 11 is 9.89. The van der Waals surface area contributed by atoms with Gasteiger partial charge in [0.15, 0.2) is 0 Å². The lowest BCUT2D eigenvalue weighted by Crippen LogP contribution is -2.29. The molecule has 0 saturated carbocycles. The van der Waals surface area contributed by atoms with E-state index >= 15 is 0 Å². The lowest BCUT2D eigenvalue weighted by Gasteiger charge is -2.28. The van der Waals surface area contributed by atoms with Gasteiger partial charge in [0.1, 0.15) is 11.6 Å². The molecule has 4 nitrogen and oxygen atoms in total. The minimum Gasteiger partial charge on any atom is -0.449 e. The number of benzene rings is 2. The van der Waals surface area contributed by atoms with Gasteiger partial charge in [0, 0.05) is 35.9 Å². The zero-order valence-corrected chi connectivity index (χ0v) is 16.1. The third-order valence-electron chi connectivity index (χ3n) is 4.07. The van der Waals surface area contributed by atoms with Crippen molar-refractivity contribution in [2.45, 2.75) is 25.9 Å². The molecule has 138 valence electrons. The van der Waals surface area contributed by atoms with E-state index in [2.05, 4.69) is 21.8 Å². The van der Waals surface area contributed by atoms with Crippen LogP contribution in [0.4, 0.5) is 10.5 Å². The smallest absolute Gasteiger partial charge is 0.404 e. The van der Waals surface area contributed by atoms with E-state index in [1.54, 1.807) is 0 Å². The maximum absolute atomic E-state index is 10.2. The molecule has 0 amide bonds. The molecule has 2 aromatic rings. The first-order valence-electron chi connectivity index (χ1n) is 8.57. The molecule has 6 heteroatoms. The van der Waals surface area contributed by atoms with Crippen LogP contribution in [0.15, 0.2) is 54.6 Å². The highest BCUT2D eigenvalue weighted by Crippen LogP contribution is 2.20. The number of nitrogens with two attached hydrogens (primary N) is 1. The Morgan fingerprint density at radius 3 is 2.19 bits per heavy atom. The van der Waals surface area contributed by atoms with Crippen LogP contribution < -0.4 is 10.6 Å². The Morgan fingerprint density at radius 2 is 1.65 bits per heavy atom. The molecule has 0 aliphatic carbocycles. The van der Waals surface area contributed by atoms with Gasteiger partial charge in [-0.3, -0.25) is 0 Å². The second kappa shape index (κ2) is 10.8. The van der Waals surface area contributed by atoms with E-state index in [-0.39, 0.29) is 6.61 Å². The number of carbonyl (C=O) groups is 1. The summed E-state index contributed by atoms with van der Waals surface area (Å²) in [5, 5.41) is 0. The molecule has 1 saturated heterocycles. The maximum Gasteiger partial charge on any atom is 0.404 e. The van der Waals surface area contributed by atoms with Crippen LogP contribution in [0, 0.1) is 0 Å². The number of nitrogens with zero attached hydrogens (tertiary/aromatic N) is 1. The molecule has 0 unspecified atom stereocenters. The molecule has 0 radical (unpaired) electrons. The molecule has 1 fully saturated rings. The van der Waals surface area contributed by atoms with Crippen molar-refractivity contribution in [1.82, 2.24) is 0 Å². The van der Waals surface area contributed by atoms with Gasteiger partial charge in [-0.25, -0.2) is 4.79 Å². The molecule has 0 spiro atoms. The van der Waals surface area contributed by atoms with Gasteiger partial charge in [0.2, 0.25) is 0 Å². The molecule has 0 aromatic heterocycles. The highest BCUT2D eigenvalue weighted by atomic mass is 35.5. The van der Waals surface area contributed by atoms with Gasteiger partial charge in [-0.05, 0) is 49.1 Å². The number of anilines is 1. The van der Waals surface area contributed by atoms with Crippen LogP contribution in [0.3, 0.4) is 0 Å². The fourth-order valence-corrected chi connectivity index (χ4v) is 2.89. The Balaban J connectivity index is 0.000000197. The lowest BCUT2D eigenvalue weighted by molar-refractivity contribution is 0.167. The predicted octanol–water partition coefficient (Wildman–Crippen LogP) is 4.87. The van der Waals surface area contributed by atoms with Gasteiger partial charge in [-0.15, -0.1) is 0 Å². The molecule has 26 heavy (non-hydrogen) atoms.